The van der Waals surface area contributed by atoms with Gasteiger partial charge in [-0.05, 0) is 104 Å². The second-order valence-electron chi connectivity index (χ2n) is 13.0. The van der Waals surface area contributed by atoms with Crippen LogP contribution in [0.15, 0.2) is 115 Å². The van der Waals surface area contributed by atoms with Gasteiger partial charge in [-0.2, -0.15) is 0 Å². The monoisotopic (exact) mass is 631 g/mol. The SMILES string of the molecule is C=C(CC1SC(c2ccc(C(C)CC3=CCCC=C3)cc2)CC1=C)NCCc1ccc(C)c(C)c1.C=C(N)c1cc(N)ccc1C. The number of rotatable bonds is 11. The molecule has 3 aromatic rings. The third-order valence-electron chi connectivity index (χ3n) is 9.12. The van der Waals surface area contributed by atoms with Crippen molar-refractivity contribution in [3.8, 4) is 0 Å². The van der Waals surface area contributed by atoms with Gasteiger partial charge in [-0.15, -0.1) is 11.8 Å². The molecule has 0 spiro atoms. The van der Waals surface area contributed by atoms with Crippen LogP contribution in [0.25, 0.3) is 5.70 Å². The van der Waals surface area contributed by atoms with E-state index >= 15 is 0 Å². The summed E-state index contributed by atoms with van der Waals surface area (Å²) < 4.78 is 0. The lowest BCUT2D eigenvalue weighted by molar-refractivity contribution is 0.740. The summed E-state index contributed by atoms with van der Waals surface area (Å²) in [5.74, 6) is 0.551. The molecule has 4 heteroatoms. The summed E-state index contributed by atoms with van der Waals surface area (Å²) in [4.78, 5) is 0. The molecule has 0 saturated carbocycles. The van der Waals surface area contributed by atoms with Gasteiger partial charge in [0.25, 0.3) is 0 Å². The van der Waals surface area contributed by atoms with Crippen LogP contribution in [0.2, 0.25) is 0 Å². The molecular weight excluding hydrogens is 579 g/mol. The Labute approximate surface area is 282 Å². The molecule has 0 radical (unpaired) electrons. The van der Waals surface area contributed by atoms with Gasteiger partial charge in [0.1, 0.15) is 0 Å². The van der Waals surface area contributed by atoms with Gasteiger partial charge in [-0.3, -0.25) is 0 Å². The van der Waals surface area contributed by atoms with Crippen LogP contribution in [0.1, 0.15) is 89.1 Å². The maximum Gasteiger partial charge on any atom is 0.0340 e. The molecule has 0 amide bonds. The van der Waals surface area contributed by atoms with E-state index in [0.29, 0.717) is 22.1 Å². The first-order chi connectivity index (χ1) is 22.0. The van der Waals surface area contributed by atoms with E-state index in [1.54, 1.807) is 0 Å². The molecule has 5 rings (SSSR count). The van der Waals surface area contributed by atoms with Crippen molar-refractivity contribution >= 4 is 23.1 Å². The Hall–Kier alpha value is -3.89. The van der Waals surface area contributed by atoms with Crippen molar-refractivity contribution in [2.24, 2.45) is 5.73 Å². The predicted molar refractivity (Wildman–Crippen MR) is 204 cm³/mol. The molecular formula is C42H53N3S. The molecule has 2 aliphatic rings. The maximum atomic E-state index is 5.57. The van der Waals surface area contributed by atoms with Crippen molar-refractivity contribution < 1.29 is 0 Å². The molecule has 242 valence electrons. The van der Waals surface area contributed by atoms with E-state index in [2.05, 4.69) is 118 Å². The largest absolute Gasteiger partial charge is 0.399 e. The maximum absolute atomic E-state index is 5.57. The Morgan fingerprint density at radius 2 is 1.70 bits per heavy atom. The van der Waals surface area contributed by atoms with Crippen molar-refractivity contribution in [2.45, 2.75) is 82.6 Å². The molecule has 1 saturated heterocycles. The van der Waals surface area contributed by atoms with Crippen LogP contribution in [0, 0.1) is 20.8 Å². The Bertz CT molecular complexity index is 1590. The number of thioether (sulfide) groups is 1. The van der Waals surface area contributed by atoms with Crippen LogP contribution in [-0.2, 0) is 6.42 Å². The highest BCUT2D eigenvalue weighted by molar-refractivity contribution is 8.00. The van der Waals surface area contributed by atoms with E-state index < -0.39 is 0 Å². The van der Waals surface area contributed by atoms with Crippen molar-refractivity contribution in [3.63, 3.8) is 0 Å². The minimum atomic E-state index is 0.449. The summed E-state index contributed by atoms with van der Waals surface area (Å²) in [5, 5.41) is 4.52. The molecule has 1 aliphatic carbocycles. The number of anilines is 1. The second kappa shape index (κ2) is 16.6. The molecule has 3 unspecified atom stereocenters. The average molecular weight is 632 g/mol. The van der Waals surface area contributed by atoms with Crippen molar-refractivity contribution in [1.29, 1.82) is 0 Å². The van der Waals surface area contributed by atoms with Gasteiger partial charge in [0.2, 0.25) is 0 Å². The van der Waals surface area contributed by atoms with Gasteiger partial charge in [0, 0.05) is 46.1 Å². The fourth-order valence-electron chi connectivity index (χ4n) is 6.05. The van der Waals surface area contributed by atoms with Crippen LogP contribution in [0.5, 0.6) is 0 Å². The molecule has 0 bridgehead atoms. The Kier molecular flexibility index (Phi) is 12.6. The highest BCUT2D eigenvalue weighted by atomic mass is 32.2. The molecule has 5 N–H and O–H groups in total. The van der Waals surface area contributed by atoms with E-state index in [0.717, 1.165) is 54.7 Å². The van der Waals surface area contributed by atoms with E-state index in [-0.39, 0.29) is 0 Å². The number of benzene rings is 3. The minimum absolute atomic E-state index is 0.449. The van der Waals surface area contributed by atoms with Crippen LogP contribution in [0.4, 0.5) is 5.69 Å². The van der Waals surface area contributed by atoms with E-state index in [1.807, 2.05) is 25.1 Å². The van der Waals surface area contributed by atoms with Crippen LogP contribution in [0.3, 0.4) is 0 Å². The number of allylic oxidation sites excluding steroid dienone is 5. The molecule has 3 nitrogen and oxygen atoms in total. The topological polar surface area (TPSA) is 64.1 Å². The first-order valence-electron chi connectivity index (χ1n) is 16.6. The summed E-state index contributed by atoms with van der Waals surface area (Å²) in [7, 11) is 0. The van der Waals surface area contributed by atoms with Crippen molar-refractivity contribution in [3.05, 3.63) is 154 Å². The first-order valence-corrected chi connectivity index (χ1v) is 17.5. The quantitative estimate of drug-likeness (QED) is 0.146. The lowest BCUT2D eigenvalue weighted by Crippen LogP contribution is -2.18. The lowest BCUT2D eigenvalue weighted by atomic mass is 9.90. The molecule has 0 aromatic heterocycles. The van der Waals surface area contributed by atoms with Gasteiger partial charge >= 0.3 is 0 Å². The molecule has 1 fully saturated rings. The van der Waals surface area contributed by atoms with Crippen LogP contribution in [-0.4, -0.2) is 11.8 Å². The van der Waals surface area contributed by atoms with Crippen molar-refractivity contribution in [2.75, 3.05) is 12.3 Å². The zero-order valence-electron chi connectivity index (χ0n) is 28.4. The number of nitrogens with one attached hydrogen (secondary N) is 1. The number of hydrogen-bond donors (Lipinski definition) is 3. The van der Waals surface area contributed by atoms with E-state index in [4.69, 9.17) is 11.5 Å². The predicted octanol–water partition coefficient (Wildman–Crippen LogP) is 10.4. The number of nitrogen functional groups attached to an aromatic ring is 1. The fourth-order valence-corrected chi connectivity index (χ4v) is 7.66. The number of nitrogens with two attached hydrogens (primary N) is 2. The van der Waals surface area contributed by atoms with Gasteiger partial charge in [-0.1, -0.05) is 105 Å². The van der Waals surface area contributed by atoms with Crippen molar-refractivity contribution in [1.82, 2.24) is 5.32 Å². The number of hydrogen-bond acceptors (Lipinski definition) is 4. The molecule has 3 aromatic carbocycles. The number of aryl methyl sites for hydroxylation is 3. The summed E-state index contributed by atoms with van der Waals surface area (Å²) in [6.07, 6.45) is 13.6. The van der Waals surface area contributed by atoms with E-state index in [1.165, 1.54) is 51.8 Å². The molecule has 3 atom stereocenters. The summed E-state index contributed by atoms with van der Waals surface area (Å²) >= 11 is 2.06. The molecule has 1 heterocycles. The van der Waals surface area contributed by atoms with E-state index in [9.17, 15) is 0 Å². The first kappa shape index (κ1) is 35.0. The van der Waals surface area contributed by atoms with Gasteiger partial charge in [0.15, 0.2) is 0 Å². The zero-order chi connectivity index (χ0) is 33.2. The summed E-state index contributed by atoms with van der Waals surface area (Å²) in [6, 6.07) is 21.8. The lowest BCUT2D eigenvalue weighted by Gasteiger charge is -2.17. The van der Waals surface area contributed by atoms with Gasteiger partial charge < -0.3 is 16.8 Å². The second-order valence-corrected chi connectivity index (χ2v) is 14.4. The standard InChI is InChI=1S/C33H41NS.C9H12N2/c1-23-11-12-29(19-24(23)2)17-18-34-27(5)22-32-26(4)21-33(35-32)31-15-13-30(14-16-31)25(3)20-28-9-7-6-8-10-28;1-6-3-4-8(11)5-9(6)7(2)10/h7,9-16,19,25,32-34H,4-6,8,17-18,20-22H2,1-3H3;3-5H,2,10-11H2,1H3. The summed E-state index contributed by atoms with van der Waals surface area (Å²) in [6.45, 7) is 22.0. The van der Waals surface area contributed by atoms with Gasteiger partial charge in [-0.25, -0.2) is 0 Å². The Balaban J connectivity index is 0.000000369. The zero-order valence-corrected chi connectivity index (χ0v) is 29.2. The highest BCUT2D eigenvalue weighted by Crippen LogP contribution is 2.49. The third kappa shape index (κ3) is 10.1. The minimum Gasteiger partial charge on any atom is -0.399 e. The Morgan fingerprint density at radius 1 is 0.957 bits per heavy atom. The van der Waals surface area contributed by atoms with Gasteiger partial charge in [0.05, 0.1) is 0 Å². The Morgan fingerprint density at radius 3 is 2.35 bits per heavy atom. The van der Waals surface area contributed by atoms with Crippen LogP contribution < -0.4 is 16.8 Å². The smallest absolute Gasteiger partial charge is 0.0340 e. The summed E-state index contributed by atoms with van der Waals surface area (Å²) in [5.41, 5.74) is 25.4. The molecule has 46 heavy (non-hydrogen) atoms. The fraction of sp³-hybridized carbons (Fsp3) is 0.333. The third-order valence-corrected chi connectivity index (χ3v) is 10.7. The average Bonchev–Trinajstić information content (AvgIpc) is 3.40. The normalized spacial score (nSPS) is 17.9. The highest BCUT2D eigenvalue weighted by Gasteiger charge is 2.30. The van der Waals surface area contributed by atoms with Crippen LogP contribution >= 0.6 is 11.8 Å². The molecule has 1 aliphatic heterocycles.